The maximum absolute atomic E-state index is 15.1. The number of benzene rings is 2. The number of hydrogen-bond acceptors (Lipinski definition) is 3. The van der Waals surface area contributed by atoms with E-state index < -0.39 is 10.0 Å². The summed E-state index contributed by atoms with van der Waals surface area (Å²) >= 11 is 0. The van der Waals surface area contributed by atoms with Gasteiger partial charge >= 0.3 is 0 Å². The lowest BCUT2D eigenvalue weighted by Crippen LogP contribution is -2.67. The Balaban J connectivity index is 0.00000210. The van der Waals surface area contributed by atoms with E-state index in [0.29, 0.717) is 29.5 Å². The average molecular weight is 411 g/mol. The Morgan fingerprint density at radius 3 is 2.48 bits per heavy atom. The van der Waals surface area contributed by atoms with Gasteiger partial charge < -0.3 is 5.32 Å². The Labute approximate surface area is 166 Å². The number of sulfonamides is 1. The van der Waals surface area contributed by atoms with Gasteiger partial charge in [0.05, 0.1) is 6.26 Å². The second-order valence-corrected chi connectivity index (χ2v) is 9.25. The number of halogens is 2. The van der Waals surface area contributed by atoms with Crippen LogP contribution in [0, 0.1) is 11.7 Å². The molecule has 0 spiro atoms. The summed E-state index contributed by atoms with van der Waals surface area (Å²) in [6.45, 7) is 0. The zero-order valence-electron chi connectivity index (χ0n) is 15.1. The fourth-order valence-electron chi connectivity index (χ4n) is 4.25. The van der Waals surface area contributed by atoms with Crippen LogP contribution in [0.3, 0.4) is 0 Å². The molecule has 0 unspecified atom stereocenters. The van der Waals surface area contributed by atoms with E-state index in [-0.39, 0.29) is 30.3 Å². The number of rotatable bonds is 5. The zero-order chi connectivity index (χ0) is 18.3. The Bertz CT molecular complexity index is 901. The van der Waals surface area contributed by atoms with Crippen molar-refractivity contribution in [2.75, 3.05) is 6.26 Å². The molecule has 1 aliphatic carbocycles. The summed E-state index contributed by atoms with van der Waals surface area (Å²) in [5.41, 5.74) is 2.04. The molecule has 5 rings (SSSR count). The zero-order valence-corrected chi connectivity index (χ0v) is 16.7. The van der Waals surface area contributed by atoms with Gasteiger partial charge in [0.15, 0.2) is 0 Å². The Morgan fingerprint density at radius 2 is 1.81 bits per heavy atom. The first-order valence-electron chi connectivity index (χ1n) is 8.97. The van der Waals surface area contributed by atoms with Crippen LogP contribution >= 0.6 is 12.4 Å². The van der Waals surface area contributed by atoms with Crippen LogP contribution < -0.4 is 10.0 Å². The highest BCUT2D eigenvalue weighted by atomic mass is 35.5. The van der Waals surface area contributed by atoms with Gasteiger partial charge in [-0.25, -0.2) is 17.5 Å². The van der Waals surface area contributed by atoms with Gasteiger partial charge in [-0.05, 0) is 36.3 Å². The van der Waals surface area contributed by atoms with E-state index in [2.05, 4.69) is 10.0 Å². The van der Waals surface area contributed by atoms with Crippen LogP contribution in [0.2, 0.25) is 0 Å². The Morgan fingerprint density at radius 1 is 1.11 bits per heavy atom. The fraction of sp³-hybridized carbons (Fsp3) is 0.400. The molecular formula is C20H24ClFN2O2S. The molecule has 27 heavy (non-hydrogen) atoms. The third-order valence-electron chi connectivity index (χ3n) is 5.52. The molecule has 7 heteroatoms. The average Bonchev–Trinajstić information content (AvgIpc) is 2.56. The molecule has 0 amide bonds. The molecule has 2 aromatic carbocycles. The molecule has 2 saturated heterocycles. The molecule has 0 radical (unpaired) electrons. The van der Waals surface area contributed by atoms with Crippen LogP contribution in [0.25, 0.3) is 11.1 Å². The van der Waals surface area contributed by atoms with Crippen LogP contribution in [-0.4, -0.2) is 32.8 Å². The van der Waals surface area contributed by atoms with Crippen LogP contribution in [0.1, 0.15) is 18.4 Å². The molecule has 2 N–H and O–H groups in total. The van der Waals surface area contributed by atoms with Crippen molar-refractivity contribution in [3.63, 3.8) is 0 Å². The highest BCUT2D eigenvalue weighted by Gasteiger charge is 2.46. The molecule has 3 fully saturated rings. The highest BCUT2D eigenvalue weighted by Crippen LogP contribution is 2.38. The molecule has 2 atom stereocenters. The maximum Gasteiger partial charge on any atom is 0.209 e. The molecule has 146 valence electrons. The molecule has 0 aromatic heterocycles. The minimum Gasteiger partial charge on any atom is -0.309 e. The van der Waals surface area contributed by atoms with Gasteiger partial charge in [-0.1, -0.05) is 48.5 Å². The van der Waals surface area contributed by atoms with Crippen LogP contribution in [0.5, 0.6) is 0 Å². The monoisotopic (exact) mass is 410 g/mol. The lowest BCUT2D eigenvalue weighted by atomic mass is 9.68. The topological polar surface area (TPSA) is 58.2 Å². The standard InChI is InChI=1S/C20H23FN2O2S.ClH/c1-26(24,25)23-20-15-10-16(11-15)22-18(20)12-14-8-5-9-17(19(14)21)13-6-3-2-4-7-13;/h2-9,15-16,18,20,22-23H,10-12H2,1H3;1H/t15?,16?,18-,20-;/m0./s1. The predicted molar refractivity (Wildman–Crippen MR) is 108 cm³/mol. The first-order valence-corrected chi connectivity index (χ1v) is 10.9. The fourth-order valence-corrected chi connectivity index (χ4v) is 5.10. The first-order chi connectivity index (χ1) is 12.4. The van der Waals surface area contributed by atoms with E-state index in [9.17, 15) is 8.42 Å². The molecule has 2 aromatic rings. The summed E-state index contributed by atoms with van der Waals surface area (Å²) in [4.78, 5) is 0. The lowest BCUT2D eigenvalue weighted by Gasteiger charge is -2.52. The summed E-state index contributed by atoms with van der Waals surface area (Å²) in [6, 6.07) is 15.1. The number of nitrogens with one attached hydrogen (secondary N) is 2. The van der Waals surface area contributed by atoms with Crippen molar-refractivity contribution in [1.29, 1.82) is 0 Å². The van der Waals surface area contributed by atoms with Crippen molar-refractivity contribution in [3.05, 3.63) is 59.9 Å². The molecule has 2 heterocycles. The Kier molecular flexibility index (Phi) is 5.91. The van der Waals surface area contributed by atoms with Crippen molar-refractivity contribution >= 4 is 22.4 Å². The van der Waals surface area contributed by atoms with Crippen molar-refractivity contribution < 1.29 is 12.8 Å². The van der Waals surface area contributed by atoms with Crippen LogP contribution in [0.4, 0.5) is 4.39 Å². The second-order valence-electron chi connectivity index (χ2n) is 7.47. The van der Waals surface area contributed by atoms with Crippen molar-refractivity contribution in [2.24, 2.45) is 5.92 Å². The summed E-state index contributed by atoms with van der Waals surface area (Å²) in [6.07, 6.45) is 3.62. The van der Waals surface area contributed by atoms with Gasteiger partial charge in [0, 0.05) is 23.7 Å². The van der Waals surface area contributed by atoms with E-state index in [4.69, 9.17) is 0 Å². The van der Waals surface area contributed by atoms with Crippen LogP contribution in [0.15, 0.2) is 48.5 Å². The largest absolute Gasteiger partial charge is 0.309 e. The first kappa shape index (κ1) is 20.3. The van der Waals surface area contributed by atoms with E-state index in [0.717, 1.165) is 18.4 Å². The van der Waals surface area contributed by atoms with Crippen molar-refractivity contribution in [3.8, 4) is 11.1 Å². The van der Waals surface area contributed by atoms with Gasteiger partial charge in [0.25, 0.3) is 0 Å². The summed E-state index contributed by atoms with van der Waals surface area (Å²) in [5, 5.41) is 3.50. The third kappa shape index (κ3) is 4.35. The van der Waals surface area contributed by atoms with Crippen molar-refractivity contribution in [1.82, 2.24) is 10.0 Å². The molecule has 2 bridgehead atoms. The molecule has 3 aliphatic rings. The van der Waals surface area contributed by atoms with Crippen molar-refractivity contribution in [2.45, 2.75) is 37.4 Å². The van der Waals surface area contributed by atoms with Gasteiger partial charge in [-0.15, -0.1) is 12.4 Å². The van der Waals surface area contributed by atoms with E-state index in [1.807, 2.05) is 36.4 Å². The number of fused-ring (bicyclic) bond motifs is 2. The lowest BCUT2D eigenvalue weighted by molar-refractivity contribution is 0.0809. The summed E-state index contributed by atoms with van der Waals surface area (Å²) < 4.78 is 41.4. The third-order valence-corrected chi connectivity index (χ3v) is 6.22. The Hall–Kier alpha value is -1.47. The highest BCUT2D eigenvalue weighted by molar-refractivity contribution is 7.88. The second kappa shape index (κ2) is 7.87. The SMILES string of the molecule is CS(=O)(=O)N[C@H]1C2CC(C2)N[C@H]1Cc1cccc(-c2ccccc2)c1F.Cl. The molecule has 1 saturated carbocycles. The smallest absolute Gasteiger partial charge is 0.209 e. The van der Waals surface area contributed by atoms with E-state index in [1.54, 1.807) is 12.1 Å². The van der Waals surface area contributed by atoms with Gasteiger partial charge in [-0.3, -0.25) is 0 Å². The molecule has 4 nitrogen and oxygen atoms in total. The van der Waals surface area contributed by atoms with Gasteiger partial charge in [0.1, 0.15) is 5.82 Å². The van der Waals surface area contributed by atoms with Crippen LogP contribution in [-0.2, 0) is 16.4 Å². The number of piperidine rings is 2. The molecule has 2 aliphatic heterocycles. The van der Waals surface area contributed by atoms with E-state index in [1.165, 1.54) is 6.26 Å². The summed E-state index contributed by atoms with van der Waals surface area (Å²) in [5.74, 6) is 0.110. The van der Waals surface area contributed by atoms with Gasteiger partial charge in [-0.2, -0.15) is 0 Å². The maximum atomic E-state index is 15.1. The molecular weight excluding hydrogens is 387 g/mol. The minimum atomic E-state index is -3.30. The minimum absolute atomic E-state index is 0. The van der Waals surface area contributed by atoms with E-state index >= 15 is 4.39 Å². The quantitative estimate of drug-likeness (QED) is 0.796. The van der Waals surface area contributed by atoms with Gasteiger partial charge in [0.2, 0.25) is 10.0 Å². The predicted octanol–water partition coefficient (Wildman–Crippen LogP) is 3.13. The normalized spacial score (nSPS) is 26.7. The number of hydrogen-bond donors (Lipinski definition) is 2. The summed E-state index contributed by atoms with van der Waals surface area (Å²) in [7, 11) is -3.30.